The fraction of sp³-hybridized carbons (Fsp3) is 0.538. The summed E-state index contributed by atoms with van der Waals surface area (Å²) in [4.78, 5) is 0. The quantitative estimate of drug-likeness (QED) is 0.835. The van der Waals surface area contributed by atoms with Crippen LogP contribution in [0.5, 0.6) is 0 Å². The molecule has 2 N–H and O–H groups in total. The van der Waals surface area contributed by atoms with Crippen molar-refractivity contribution in [2.75, 3.05) is 6.54 Å². The van der Waals surface area contributed by atoms with Crippen molar-refractivity contribution in [1.82, 2.24) is 0 Å². The fourth-order valence-corrected chi connectivity index (χ4v) is 2.00. The van der Waals surface area contributed by atoms with Crippen LogP contribution in [0.2, 0.25) is 0 Å². The molecule has 0 aromatic heterocycles. The van der Waals surface area contributed by atoms with Gasteiger partial charge in [-0.25, -0.2) is 0 Å². The van der Waals surface area contributed by atoms with Crippen LogP contribution in [0.25, 0.3) is 0 Å². The molecule has 1 aromatic rings. The van der Waals surface area contributed by atoms with Crippen molar-refractivity contribution in [3.05, 3.63) is 35.4 Å². The monoisotopic (exact) mass is 245 g/mol. The number of halogens is 3. The first-order valence-electron chi connectivity index (χ1n) is 5.86. The Morgan fingerprint density at radius 2 is 1.94 bits per heavy atom. The van der Waals surface area contributed by atoms with E-state index in [0.29, 0.717) is 6.54 Å². The number of hydrogen-bond donors (Lipinski definition) is 1. The topological polar surface area (TPSA) is 26.0 Å². The van der Waals surface area contributed by atoms with E-state index in [0.717, 1.165) is 30.9 Å². The third kappa shape index (κ3) is 4.04. The molecular weight excluding hydrogens is 227 g/mol. The van der Waals surface area contributed by atoms with Gasteiger partial charge in [-0.2, -0.15) is 13.2 Å². The highest BCUT2D eigenvalue weighted by atomic mass is 19.4. The predicted molar refractivity (Wildman–Crippen MR) is 62.8 cm³/mol. The fourth-order valence-electron chi connectivity index (χ4n) is 2.00. The van der Waals surface area contributed by atoms with Crippen LogP contribution in [-0.2, 0) is 6.18 Å². The van der Waals surface area contributed by atoms with Crippen molar-refractivity contribution in [3.8, 4) is 0 Å². The second-order valence-electron chi connectivity index (χ2n) is 4.19. The molecule has 0 bridgehead atoms. The van der Waals surface area contributed by atoms with Crippen LogP contribution in [0.3, 0.4) is 0 Å². The van der Waals surface area contributed by atoms with Crippen molar-refractivity contribution in [2.45, 2.75) is 38.3 Å². The normalized spacial score (nSPS) is 13.7. The molecule has 17 heavy (non-hydrogen) atoms. The van der Waals surface area contributed by atoms with E-state index >= 15 is 0 Å². The third-order valence-corrected chi connectivity index (χ3v) is 2.84. The van der Waals surface area contributed by atoms with Crippen molar-refractivity contribution >= 4 is 0 Å². The van der Waals surface area contributed by atoms with Gasteiger partial charge in [-0.15, -0.1) is 0 Å². The highest BCUT2D eigenvalue weighted by Crippen LogP contribution is 2.32. The lowest BCUT2D eigenvalue weighted by Gasteiger charge is -2.17. The van der Waals surface area contributed by atoms with Gasteiger partial charge in [-0.05, 0) is 36.9 Å². The van der Waals surface area contributed by atoms with Crippen molar-refractivity contribution in [2.24, 2.45) is 5.73 Å². The summed E-state index contributed by atoms with van der Waals surface area (Å²) in [7, 11) is 0. The Balaban J connectivity index is 2.95. The van der Waals surface area contributed by atoms with E-state index in [1.54, 1.807) is 6.07 Å². The molecule has 1 atom stereocenters. The molecule has 0 spiro atoms. The molecule has 0 fully saturated rings. The molecule has 1 aromatic carbocycles. The number of benzene rings is 1. The van der Waals surface area contributed by atoms with Gasteiger partial charge in [-0.3, -0.25) is 0 Å². The minimum Gasteiger partial charge on any atom is -0.330 e. The largest absolute Gasteiger partial charge is 0.416 e. The zero-order valence-electron chi connectivity index (χ0n) is 9.93. The van der Waals surface area contributed by atoms with E-state index in [2.05, 4.69) is 0 Å². The summed E-state index contributed by atoms with van der Waals surface area (Å²) in [5.41, 5.74) is 5.67. The van der Waals surface area contributed by atoms with Gasteiger partial charge in [0.2, 0.25) is 0 Å². The average Bonchev–Trinajstić information content (AvgIpc) is 2.28. The minimum atomic E-state index is -4.27. The lowest BCUT2D eigenvalue weighted by Crippen LogP contribution is -2.10. The third-order valence-electron chi connectivity index (χ3n) is 2.84. The van der Waals surface area contributed by atoms with Crippen LogP contribution in [-0.4, -0.2) is 6.54 Å². The van der Waals surface area contributed by atoms with E-state index in [9.17, 15) is 13.2 Å². The Morgan fingerprint density at radius 3 is 2.47 bits per heavy atom. The molecule has 0 saturated carbocycles. The van der Waals surface area contributed by atoms with E-state index < -0.39 is 11.7 Å². The summed E-state index contributed by atoms with van der Waals surface area (Å²) in [5, 5.41) is 0. The predicted octanol–water partition coefficient (Wildman–Crippen LogP) is 3.94. The number of hydrogen-bond acceptors (Lipinski definition) is 1. The van der Waals surface area contributed by atoms with Crippen molar-refractivity contribution in [1.29, 1.82) is 0 Å². The lowest BCUT2D eigenvalue weighted by molar-refractivity contribution is -0.137. The molecule has 4 heteroatoms. The van der Waals surface area contributed by atoms with Crippen LogP contribution in [0.1, 0.15) is 43.2 Å². The zero-order chi connectivity index (χ0) is 12.9. The van der Waals surface area contributed by atoms with Gasteiger partial charge in [0, 0.05) is 0 Å². The Morgan fingerprint density at radius 1 is 1.24 bits per heavy atom. The van der Waals surface area contributed by atoms with Crippen LogP contribution in [0.15, 0.2) is 24.3 Å². The first-order valence-corrected chi connectivity index (χ1v) is 5.86. The molecule has 0 heterocycles. The van der Waals surface area contributed by atoms with Gasteiger partial charge in [0.05, 0.1) is 5.56 Å². The Hall–Kier alpha value is -1.03. The van der Waals surface area contributed by atoms with Gasteiger partial charge in [-0.1, -0.05) is 31.5 Å². The molecule has 0 aliphatic rings. The van der Waals surface area contributed by atoms with Crippen LogP contribution in [0, 0.1) is 0 Å². The van der Waals surface area contributed by atoms with E-state index in [1.165, 1.54) is 12.1 Å². The van der Waals surface area contributed by atoms with Crippen LogP contribution >= 0.6 is 0 Å². The second-order valence-corrected chi connectivity index (χ2v) is 4.19. The molecule has 0 radical (unpaired) electrons. The maximum Gasteiger partial charge on any atom is 0.416 e. The summed E-state index contributed by atoms with van der Waals surface area (Å²) in [6, 6.07) is 5.58. The Labute approximate surface area is 99.8 Å². The lowest BCUT2D eigenvalue weighted by atomic mass is 9.90. The van der Waals surface area contributed by atoms with Crippen LogP contribution in [0.4, 0.5) is 13.2 Å². The van der Waals surface area contributed by atoms with E-state index in [4.69, 9.17) is 5.73 Å². The molecule has 0 aliphatic carbocycles. The molecule has 0 aliphatic heterocycles. The highest BCUT2D eigenvalue weighted by molar-refractivity contribution is 5.28. The summed E-state index contributed by atoms with van der Waals surface area (Å²) in [6.45, 7) is 2.53. The minimum absolute atomic E-state index is 0.132. The first-order chi connectivity index (χ1) is 7.99. The van der Waals surface area contributed by atoms with Gasteiger partial charge >= 0.3 is 6.18 Å². The SMILES string of the molecule is CCCC(CCN)c1cccc(C(F)(F)F)c1. The second kappa shape index (κ2) is 6.05. The maximum atomic E-state index is 12.6. The van der Waals surface area contributed by atoms with E-state index in [-0.39, 0.29) is 5.92 Å². The summed E-state index contributed by atoms with van der Waals surface area (Å²) in [5.74, 6) is 0.132. The summed E-state index contributed by atoms with van der Waals surface area (Å²) >= 11 is 0. The zero-order valence-corrected chi connectivity index (χ0v) is 9.93. The molecule has 1 nitrogen and oxygen atoms in total. The average molecular weight is 245 g/mol. The number of alkyl halides is 3. The molecule has 0 saturated heterocycles. The Kier molecular flexibility index (Phi) is 5.00. The standard InChI is InChI=1S/C13H18F3N/c1-2-4-10(7-8-17)11-5-3-6-12(9-11)13(14,15)16/h3,5-6,9-10H,2,4,7-8,17H2,1H3. The number of nitrogens with two attached hydrogens (primary N) is 1. The molecule has 1 rings (SSSR count). The highest BCUT2D eigenvalue weighted by Gasteiger charge is 2.30. The molecule has 0 amide bonds. The first kappa shape index (κ1) is 14.0. The van der Waals surface area contributed by atoms with Crippen molar-refractivity contribution < 1.29 is 13.2 Å². The molecule has 1 unspecified atom stereocenters. The van der Waals surface area contributed by atoms with Crippen molar-refractivity contribution in [3.63, 3.8) is 0 Å². The molecule has 96 valence electrons. The number of rotatable bonds is 5. The van der Waals surface area contributed by atoms with Gasteiger partial charge in [0.15, 0.2) is 0 Å². The molecular formula is C13H18F3N. The maximum absolute atomic E-state index is 12.6. The van der Waals surface area contributed by atoms with E-state index in [1.807, 2.05) is 6.92 Å². The van der Waals surface area contributed by atoms with Gasteiger partial charge < -0.3 is 5.73 Å². The van der Waals surface area contributed by atoms with Gasteiger partial charge in [0.1, 0.15) is 0 Å². The summed E-state index contributed by atoms with van der Waals surface area (Å²) in [6.07, 6.45) is -1.72. The Bertz CT molecular complexity index is 341. The van der Waals surface area contributed by atoms with Gasteiger partial charge in [0.25, 0.3) is 0 Å². The summed E-state index contributed by atoms with van der Waals surface area (Å²) < 4.78 is 37.7. The van der Waals surface area contributed by atoms with Crippen LogP contribution < -0.4 is 5.73 Å². The smallest absolute Gasteiger partial charge is 0.330 e.